The van der Waals surface area contributed by atoms with Crippen molar-refractivity contribution in [2.75, 3.05) is 5.32 Å². The fourth-order valence-electron chi connectivity index (χ4n) is 4.56. The molecule has 0 aliphatic heterocycles. The van der Waals surface area contributed by atoms with Crippen LogP contribution in [-0.2, 0) is 14.9 Å². The average Bonchev–Trinajstić information content (AvgIpc) is 3.64. The van der Waals surface area contributed by atoms with Crippen molar-refractivity contribution in [1.29, 1.82) is 0 Å². The van der Waals surface area contributed by atoms with Gasteiger partial charge in [0.15, 0.2) is 0 Å². The summed E-state index contributed by atoms with van der Waals surface area (Å²) in [5.74, 6) is -0.747. The SMILES string of the molecule is Cc1c[nH]c(-c2ccc(-c3ccc(C4(C(=O)O)CC4)cc3)cc2)c1NC(=O)OC(C)c1ccccc1. The number of amides is 1. The molecule has 1 saturated carbocycles. The number of aliphatic carboxylic acids is 1. The first-order chi connectivity index (χ1) is 17.4. The van der Waals surface area contributed by atoms with Gasteiger partial charge in [-0.25, -0.2) is 4.79 Å². The third kappa shape index (κ3) is 4.50. The quantitative estimate of drug-likeness (QED) is 0.263. The maximum Gasteiger partial charge on any atom is 0.412 e. The fraction of sp³-hybridized carbons (Fsp3) is 0.200. The van der Waals surface area contributed by atoms with Gasteiger partial charge in [0, 0.05) is 11.8 Å². The first-order valence-corrected chi connectivity index (χ1v) is 12.0. The van der Waals surface area contributed by atoms with E-state index < -0.39 is 17.5 Å². The van der Waals surface area contributed by atoms with E-state index in [1.54, 1.807) is 0 Å². The van der Waals surface area contributed by atoms with E-state index in [0.29, 0.717) is 18.5 Å². The fourth-order valence-corrected chi connectivity index (χ4v) is 4.56. The molecule has 1 aromatic heterocycles. The van der Waals surface area contributed by atoms with E-state index >= 15 is 0 Å². The zero-order valence-electron chi connectivity index (χ0n) is 20.2. The highest BCUT2D eigenvalue weighted by Crippen LogP contribution is 2.48. The Morgan fingerprint density at radius 1 is 0.917 bits per heavy atom. The number of H-pyrrole nitrogens is 1. The van der Waals surface area contributed by atoms with Crippen LogP contribution in [0.2, 0.25) is 0 Å². The van der Waals surface area contributed by atoms with Gasteiger partial charge in [-0.2, -0.15) is 0 Å². The van der Waals surface area contributed by atoms with Crippen molar-refractivity contribution in [3.05, 3.63) is 102 Å². The van der Waals surface area contributed by atoms with Gasteiger partial charge in [0.25, 0.3) is 0 Å². The smallest absolute Gasteiger partial charge is 0.412 e. The molecule has 1 unspecified atom stereocenters. The molecule has 1 atom stereocenters. The summed E-state index contributed by atoms with van der Waals surface area (Å²) in [5, 5.41) is 12.4. The molecule has 3 N–H and O–H groups in total. The maximum absolute atomic E-state index is 12.6. The largest absolute Gasteiger partial charge is 0.481 e. The predicted octanol–water partition coefficient (Wildman–Crippen LogP) is 7.08. The van der Waals surface area contributed by atoms with E-state index in [1.807, 2.05) is 98.9 Å². The number of aromatic nitrogens is 1. The Kier molecular flexibility index (Phi) is 6.10. The van der Waals surface area contributed by atoms with Crippen molar-refractivity contribution in [1.82, 2.24) is 4.98 Å². The van der Waals surface area contributed by atoms with Crippen LogP contribution in [0.3, 0.4) is 0 Å². The number of carboxylic acids is 1. The second-order valence-corrected chi connectivity index (χ2v) is 9.35. The van der Waals surface area contributed by atoms with Crippen molar-refractivity contribution in [2.24, 2.45) is 0 Å². The number of nitrogens with one attached hydrogen (secondary N) is 2. The molecule has 1 fully saturated rings. The van der Waals surface area contributed by atoms with Gasteiger partial charge in [0.2, 0.25) is 0 Å². The number of benzene rings is 3. The molecular weight excluding hydrogens is 452 g/mol. The monoisotopic (exact) mass is 480 g/mol. The lowest BCUT2D eigenvalue weighted by Gasteiger charge is -2.15. The average molecular weight is 481 g/mol. The lowest BCUT2D eigenvalue weighted by Crippen LogP contribution is -2.19. The Hall–Kier alpha value is -4.32. The minimum atomic E-state index is -0.747. The van der Waals surface area contributed by atoms with Crippen LogP contribution in [0.15, 0.2) is 85.1 Å². The Balaban J connectivity index is 1.30. The zero-order valence-corrected chi connectivity index (χ0v) is 20.2. The topological polar surface area (TPSA) is 91.4 Å². The lowest BCUT2D eigenvalue weighted by molar-refractivity contribution is -0.140. The number of ether oxygens (including phenoxy) is 1. The first kappa shape index (κ1) is 23.4. The van der Waals surface area contributed by atoms with Gasteiger partial charge < -0.3 is 14.8 Å². The minimum absolute atomic E-state index is 0.370. The number of aryl methyl sites for hydroxylation is 1. The summed E-state index contributed by atoms with van der Waals surface area (Å²) in [4.78, 5) is 27.5. The number of hydrogen-bond donors (Lipinski definition) is 3. The van der Waals surface area contributed by atoms with Gasteiger partial charge in [-0.05, 0) is 54.5 Å². The molecule has 1 aliphatic carbocycles. The molecule has 6 nitrogen and oxygen atoms in total. The molecule has 1 heterocycles. The van der Waals surface area contributed by atoms with Gasteiger partial charge in [0.05, 0.1) is 16.8 Å². The van der Waals surface area contributed by atoms with Crippen LogP contribution in [0.5, 0.6) is 0 Å². The molecule has 0 bridgehead atoms. The number of carboxylic acid groups (broad SMARTS) is 1. The summed E-state index contributed by atoms with van der Waals surface area (Å²) in [6.07, 6.45) is 2.36. The molecule has 1 aliphatic rings. The van der Waals surface area contributed by atoms with Crippen LogP contribution in [0, 0.1) is 6.92 Å². The van der Waals surface area contributed by atoms with Crippen molar-refractivity contribution >= 4 is 17.7 Å². The van der Waals surface area contributed by atoms with Gasteiger partial charge in [-0.3, -0.25) is 10.1 Å². The Bertz CT molecular complexity index is 1390. The second kappa shape index (κ2) is 9.38. The number of anilines is 1. The van der Waals surface area contributed by atoms with E-state index in [9.17, 15) is 14.7 Å². The van der Waals surface area contributed by atoms with Crippen molar-refractivity contribution < 1.29 is 19.4 Å². The van der Waals surface area contributed by atoms with Crippen LogP contribution in [-0.4, -0.2) is 22.2 Å². The molecule has 5 rings (SSSR count). The van der Waals surface area contributed by atoms with Crippen molar-refractivity contribution in [3.8, 4) is 22.4 Å². The standard InChI is InChI=1S/C30H28N2O4/c1-19-18-31-27(26(19)32-29(35)36-20(2)21-6-4-3-5-7-21)24-10-8-22(9-11-24)23-12-14-25(15-13-23)30(16-17-30)28(33)34/h3-15,18,20,31H,16-17H2,1-2H3,(H,32,35)(H,33,34). The summed E-state index contributed by atoms with van der Waals surface area (Å²) < 4.78 is 5.58. The normalized spacial score (nSPS) is 14.6. The zero-order chi connectivity index (χ0) is 25.3. The summed E-state index contributed by atoms with van der Waals surface area (Å²) in [6.45, 7) is 3.77. The van der Waals surface area contributed by atoms with E-state index in [-0.39, 0.29) is 6.10 Å². The summed E-state index contributed by atoms with van der Waals surface area (Å²) in [5.41, 5.74) is 6.46. The highest BCUT2D eigenvalue weighted by Gasteiger charge is 2.51. The highest BCUT2D eigenvalue weighted by atomic mass is 16.6. The van der Waals surface area contributed by atoms with Crippen molar-refractivity contribution in [2.45, 2.75) is 38.2 Å². The molecule has 4 aromatic rings. The van der Waals surface area contributed by atoms with Crippen LogP contribution in [0.4, 0.5) is 10.5 Å². The number of carbonyl (C=O) groups is 2. The van der Waals surface area contributed by atoms with E-state index in [2.05, 4.69) is 10.3 Å². The van der Waals surface area contributed by atoms with E-state index in [0.717, 1.165) is 39.1 Å². The Labute approximate surface area is 210 Å². The van der Waals surface area contributed by atoms with Crippen LogP contribution in [0.1, 0.15) is 42.6 Å². The Morgan fingerprint density at radius 3 is 2.08 bits per heavy atom. The second-order valence-electron chi connectivity index (χ2n) is 9.35. The molecule has 182 valence electrons. The summed E-state index contributed by atoms with van der Waals surface area (Å²) in [7, 11) is 0. The molecule has 1 amide bonds. The van der Waals surface area contributed by atoms with Crippen molar-refractivity contribution in [3.63, 3.8) is 0 Å². The third-order valence-corrected chi connectivity index (χ3v) is 6.96. The molecule has 0 spiro atoms. The number of rotatable bonds is 7. The van der Waals surface area contributed by atoms with Gasteiger partial charge >= 0.3 is 12.1 Å². The summed E-state index contributed by atoms with van der Waals surface area (Å²) >= 11 is 0. The van der Waals surface area contributed by atoms with Gasteiger partial charge in [-0.1, -0.05) is 78.9 Å². The molecule has 36 heavy (non-hydrogen) atoms. The highest BCUT2D eigenvalue weighted by molar-refractivity contribution is 5.92. The first-order valence-electron chi connectivity index (χ1n) is 12.0. The lowest BCUT2D eigenvalue weighted by atomic mass is 9.93. The number of hydrogen-bond acceptors (Lipinski definition) is 3. The molecule has 6 heteroatoms. The Morgan fingerprint density at radius 2 is 1.50 bits per heavy atom. The van der Waals surface area contributed by atoms with Gasteiger partial charge in [-0.15, -0.1) is 0 Å². The molecule has 0 saturated heterocycles. The molecular formula is C30H28N2O4. The number of carbonyl (C=O) groups excluding carboxylic acids is 1. The molecule has 3 aromatic carbocycles. The predicted molar refractivity (Wildman–Crippen MR) is 140 cm³/mol. The van der Waals surface area contributed by atoms with Crippen LogP contribution < -0.4 is 5.32 Å². The van der Waals surface area contributed by atoms with Gasteiger partial charge in [0.1, 0.15) is 6.10 Å². The maximum atomic E-state index is 12.6. The minimum Gasteiger partial charge on any atom is -0.481 e. The van der Waals surface area contributed by atoms with Crippen LogP contribution >= 0.6 is 0 Å². The third-order valence-electron chi connectivity index (χ3n) is 6.96. The van der Waals surface area contributed by atoms with E-state index in [1.165, 1.54) is 0 Å². The van der Waals surface area contributed by atoms with E-state index in [4.69, 9.17) is 4.74 Å². The summed E-state index contributed by atoms with van der Waals surface area (Å²) in [6, 6.07) is 25.4. The molecule has 0 radical (unpaired) electrons. The van der Waals surface area contributed by atoms with Crippen LogP contribution in [0.25, 0.3) is 22.4 Å². The number of aromatic amines is 1.